The Labute approximate surface area is 192 Å². The summed E-state index contributed by atoms with van der Waals surface area (Å²) in [7, 11) is 1.47. The van der Waals surface area contributed by atoms with Gasteiger partial charge in [-0.25, -0.2) is 0 Å². The molecule has 7 heteroatoms. The Morgan fingerprint density at radius 2 is 1.52 bits per heavy atom. The molecule has 7 nitrogen and oxygen atoms in total. The number of nitriles is 1. The van der Waals surface area contributed by atoms with E-state index < -0.39 is 5.97 Å². The fraction of sp³-hybridized carbons (Fsp3) is 0.192. The molecule has 0 amide bonds. The van der Waals surface area contributed by atoms with Crippen LogP contribution in [0.3, 0.4) is 0 Å². The van der Waals surface area contributed by atoms with Gasteiger partial charge in [0.25, 0.3) is 0 Å². The molecule has 1 N–H and O–H groups in total. The lowest BCUT2D eigenvalue weighted by atomic mass is 10.1. The first-order valence-electron chi connectivity index (χ1n) is 10.3. The van der Waals surface area contributed by atoms with E-state index in [1.165, 1.54) is 7.11 Å². The fourth-order valence-electron chi connectivity index (χ4n) is 3.01. The topological polar surface area (TPSA) is 101 Å². The quantitative estimate of drug-likeness (QED) is 0.343. The molecule has 0 unspecified atom stereocenters. The Hall–Kier alpha value is -4.31. The maximum absolute atomic E-state index is 10.7. The van der Waals surface area contributed by atoms with Crippen LogP contribution in [0, 0.1) is 11.3 Å². The minimum Gasteiger partial charge on any atom is -0.489 e. The van der Waals surface area contributed by atoms with Crippen LogP contribution < -0.4 is 9.47 Å². The number of rotatable bonds is 11. The van der Waals surface area contributed by atoms with Crippen molar-refractivity contribution in [3.8, 4) is 17.6 Å². The van der Waals surface area contributed by atoms with Gasteiger partial charge in [0.05, 0.1) is 11.6 Å². The molecule has 0 atom stereocenters. The van der Waals surface area contributed by atoms with E-state index in [0.717, 1.165) is 22.4 Å². The van der Waals surface area contributed by atoms with Crippen LogP contribution in [0.2, 0.25) is 0 Å². The van der Waals surface area contributed by atoms with Gasteiger partial charge in [0.1, 0.15) is 37.5 Å². The molecule has 0 saturated heterocycles. The summed E-state index contributed by atoms with van der Waals surface area (Å²) in [5, 5.41) is 21.7. The highest BCUT2D eigenvalue weighted by Gasteiger charge is 2.07. The molecule has 0 spiro atoms. The number of carbonyl (C=O) groups is 1. The van der Waals surface area contributed by atoms with Crippen molar-refractivity contribution in [1.82, 2.24) is 0 Å². The summed E-state index contributed by atoms with van der Waals surface area (Å²) < 4.78 is 11.6. The van der Waals surface area contributed by atoms with Crippen LogP contribution >= 0.6 is 0 Å². The Morgan fingerprint density at radius 1 is 0.909 bits per heavy atom. The lowest BCUT2D eigenvalue weighted by Crippen LogP contribution is -2.13. The summed E-state index contributed by atoms with van der Waals surface area (Å²) in [5.41, 5.74) is 3.94. The molecule has 168 valence electrons. The van der Waals surface area contributed by atoms with E-state index in [1.54, 1.807) is 24.3 Å². The summed E-state index contributed by atoms with van der Waals surface area (Å²) in [6, 6.07) is 24.1. The van der Waals surface area contributed by atoms with E-state index in [-0.39, 0.29) is 13.0 Å². The molecule has 3 rings (SSSR count). The van der Waals surface area contributed by atoms with Gasteiger partial charge in [-0.05, 0) is 53.9 Å². The number of carboxylic acids is 1. The molecule has 3 aromatic rings. The number of oxime groups is 1. The molecule has 0 radical (unpaired) electrons. The lowest BCUT2D eigenvalue weighted by molar-refractivity contribution is -0.136. The molecule has 0 saturated carbocycles. The van der Waals surface area contributed by atoms with Crippen LogP contribution in [0.5, 0.6) is 11.5 Å². The van der Waals surface area contributed by atoms with Crippen LogP contribution in [-0.2, 0) is 22.7 Å². The first-order valence-corrected chi connectivity index (χ1v) is 10.3. The summed E-state index contributed by atoms with van der Waals surface area (Å²) >= 11 is 0. The van der Waals surface area contributed by atoms with Gasteiger partial charge in [-0.15, -0.1) is 0 Å². The minimum absolute atomic E-state index is 0.112. The second kappa shape index (κ2) is 11.9. The summed E-state index contributed by atoms with van der Waals surface area (Å²) in [6.07, 6.45) is 0.611. The van der Waals surface area contributed by atoms with Gasteiger partial charge in [0.15, 0.2) is 0 Å². The van der Waals surface area contributed by atoms with Crippen molar-refractivity contribution < 1.29 is 24.2 Å². The largest absolute Gasteiger partial charge is 0.489 e. The first kappa shape index (κ1) is 23.4. The van der Waals surface area contributed by atoms with Gasteiger partial charge < -0.3 is 19.4 Å². The number of aryl methyl sites for hydroxylation is 1. The third-order valence-electron chi connectivity index (χ3n) is 4.80. The highest BCUT2D eigenvalue weighted by atomic mass is 16.6. The zero-order chi connectivity index (χ0) is 23.5. The van der Waals surface area contributed by atoms with Crippen molar-refractivity contribution in [3.63, 3.8) is 0 Å². The average molecular weight is 444 g/mol. The van der Waals surface area contributed by atoms with Gasteiger partial charge in [-0.3, -0.25) is 4.79 Å². The van der Waals surface area contributed by atoms with E-state index >= 15 is 0 Å². The minimum atomic E-state index is -0.806. The maximum atomic E-state index is 10.7. The Morgan fingerprint density at radius 3 is 2.09 bits per heavy atom. The molecule has 0 aromatic heterocycles. The number of nitrogens with zero attached hydrogens (tertiary/aromatic N) is 2. The van der Waals surface area contributed by atoms with Crippen LogP contribution in [0.1, 0.15) is 28.7 Å². The predicted molar refractivity (Wildman–Crippen MR) is 123 cm³/mol. The third kappa shape index (κ3) is 7.40. The molecule has 0 aliphatic carbocycles. The molecule has 0 bridgehead atoms. The molecular weight excluding hydrogens is 420 g/mol. The Bertz CT molecular complexity index is 1120. The van der Waals surface area contributed by atoms with Crippen molar-refractivity contribution >= 4 is 11.7 Å². The number of carboxylic acid groups (broad SMARTS) is 1. The molecule has 33 heavy (non-hydrogen) atoms. The average Bonchev–Trinajstić information content (AvgIpc) is 2.85. The Balaban J connectivity index is 1.51. The van der Waals surface area contributed by atoms with Gasteiger partial charge in [0, 0.05) is 12.0 Å². The predicted octanol–water partition coefficient (Wildman–Crippen LogP) is 4.58. The smallest absolute Gasteiger partial charge is 0.303 e. The van der Waals surface area contributed by atoms with Gasteiger partial charge in [-0.1, -0.05) is 41.6 Å². The normalized spacial score (nSPS) is 10.8. The molecular formula is C26H24N2O5. The van der Waals surface area contributed by atoms with Crippen LogP contribution in [0.25, 0.3) is 0 Å². The first-order chi connectivity index (χ1) is 16.1. The van der Waals surface area contributed by atoms with Crippen molar-refractivity contribution in [3.05, 3.63) is 95.1 Å². The molecule has 0 aliphatic rings. The molecule has 3 aromatic carbocycles. The van der Waals surface area contributed by atoms with E-state index in [0.29, 0.717) is 30.1 Å². The van der Waals surface area contributed by atoms with Crippen molar-refractivity contribution in [2.75, 3.05) is 13.7 Å². The highest BCUT2D eigenvalue weighted by Crippen LogP contribution is 2.18. The molecule has 0 fully saturated rings. The second-order valence-corrected chi connectivity index (χ2v) is 7.17. The van der Waals surface area contributed by atoms with E-state index in [1.807, 2.05) is 48.5 Å². The Kier molecular flexibility index (Phi) is 8.43. The zero-order valence-corrected chi connectivity index (χ0v) is 18.2. The van der Waals surface area contributed by atoms with Crippen LogP contribution in [0.4, 0.5) is 0 Å². The van der Waals surface area contributed by atoms with Gasteiger partial charge in [-0.2, -0.15) is 5.26 Å². The number of ether oxygens (including phenoxy) is 2. The number of aliphatic carboxylic acids is 1. The summed E-state index contributed by atoms with van der Waals surface area (Å²) in [4.78, 5) is 15.6. The van der Waals surface area contributed by atoms with Crippen molar-refractivity contribution in [2.24, 2.45) is 5.16 Å². The van der Waals surface area contributed by atoms with Gasteiger partial charge >= 0.3 is 5.97 Å². The van der Waals surface area contributed by atoms with Crippen LogP contribution in [0.15, 0.2) is 78.0 Å². The SMILES string of the molecule is CO/N=C(/COc1ccc(COc2ccc(CCC(=O)O)cc2)cc1)c1ccc(C#N)cc1. The van der Waals surface area contributed by atoms with Crippen molar-refractivity contribution in [1.29, 1.82) is 5.26 Å². The lowest BCUT2D eigenvalue weighted by Gasteiger charge is -2.10. The van der Waals surface area contributed by atoms with E-state index in [4.69, 9.17) is 24.7 Å². The monoisotopic (exact) mass is 444 g/mol. The third-order valence-corrected chi connectivity index (χ3v) is 4.80. The van der Waals surface area contributed by atoms with Gasteiger partial charge in [0.2, 0.25) is 0 Å². The number of hydrogen-bond acceptors (Lipinski definition) is 6. The fourth-order valence-corrected chi connectivity index (χ4v) is 3.01. The number of benzene rings is 3. The van der Waals surface area contributed by atoms with E-state index in [9.17, 15) is 4.79 Å². The number of hydrogen-bond donors (Lipinski definition) is 1. The van der Waals surface area contributed by atoms with Crippen molar-refractivity contribution in [2.45, 2.75) is 19.4 Å². The molecule has 0 heterocycles. The summed E-state index contributed by atoms with van der Waals surface area (Å²) in [6.45, 7) is 0.611. The second-order valence-electron chi connectivity index (χ2n) is 7.17. The zero-order valence-electron chi connectivity index (χ0n) is 18.2. The maximum Gasteiger partial charge on any atom is 0.303 e. The summed E-state index contributed by atoms with van der Waals surface area (Å²) in [5.74, 6) is 0.593. The standard InChI is InChI=1S/C26H24N2O5/c1-31-28-25(22-9-2-20(16-27)3-10-22)18-33-24-13-6-21(7-14-24)17-32-23-11-4-19(5-12-23)8-15-26(29)30/h2-7,9-14H,8,15,17-18H2,1H3,(H,29,30)/b28-25-. The van der Waals surface area contributed by atoms with E-state index in [2.05, 4.69) is 11.2 Å². The molecule has 0 aliphatic heterocycles. The van der Waals surface area contributed by atoms with Crippen LogP contribution in [-0.4, -0.2) is 30.5 Å². The highest BCUT2D eigenvalue weighted by molar-refractivity contribution is 6.01.